The standard InChI is InChI=1S/C24H26N6O/c1-2-6-22-25-20-9-5-10-21(31)23(20)30(22)15-16-11-13-17(14-12-16)18-7-3-4-8-19(18)24-26-28-29-27-24/h3-4,7-8,11-14,21,31H,2,5-6,9-10,15H2,1H3,(H,26,27,28,29). The second-order valence-corrected chi connectivity index (χ2v) is 8.08. The molecule has 4 aromatic rings. The molecule has 0 radical (unpaired) electrons. The van der Waals surface area contributed by atoms with Crippen molar-refractivity contribution in [1.29, 1.82) is 0 Å². The van der Waals surface area contributed by atoms with E-state index in [0.29, 0.717) is 5.82 Å². The van der Waals surface area contributed by atoms with Crippen LogP contribution in [0, 0.1) is 0 Å². The number of fused-ring (bicyclic) bond motifs is 1. The van der Waals surface area contributed by atoms with E-state index in [1.165, 1.54) is 5.56 Å². The number of aliphatic hydroxyl groups excluding tert-OH is 1. The minimum atomic E-state index is -0.414. The Balaban J connectivity index is 1.46. The van der Waals surface area contributed by atoms with Crippen LogP contribution in [0.2, 0.25) is 0 Å². The predicted molar refractivity (Wildman–Crippen MR) is 118 cm³/mol. The van der Waals surface area contributed by atoms with Gasteiger partial charge in [0, 0.05) is 18.5 Å². The van der Waals surface area contributed by atoms with Gasteiger partial charge in [0.2, 0.25) is 5.82 Å². The number of benzene rings is 2. The third-order valence-corrected chi connectivity index (χ3v) is 5.96. The molecule has 0 saturated heterocycles. The van der Waals surface area contributed by atoms with E-state index < -0.39 is 6.10 Å². The van der Waals surface area contributed by atoms with Crippen molar-refractivity contribution < 1.29 is 5.11 Å². The summed E-state index contributed by atoms with van der Waals surface area (Å²) in [7, 11) is 0. The molecule has 7 heteroatoms. The third-order valence-electron chi connectivity index (χ3n) is 5.96. The maximum absolute atomic E-state index is 10.6. The normalized spacial score (nSPS) is 15.7. The lowest BCUT2D eigenvalue weighted by molar-refractivity contribution is 0.147. The molecule has 2 heterocycles. The minimum Gasteiger partial charge on any atom is -0.387 e. The Morgan fingerprint density at radius 1 is 1.10 bits per heavy atom. The zero-order chi connectivity index (χ0) is 21.2. The Morgan fingerprint density at radius 2 is 1.90 bits per heavy atom. The molecule has 0 amide bonds. The molecule has 0 aliphatic heterocycles. The fraction of sp³-hybridized carbons (Fsp3) is 0.333. The number of hydrogen-bond acceptors (Lipinski definition) is 5. The van der Waals surface area contributed by atoms with Crippen LogP contribution in [0.3, 0.4) is 0 Å². The molecule has 2 N–H and O–H groups in total. The van der Waals surface area contributed by atoms with Crippen LogP contribution in [-0.4, -0.2) is 35.3 Å². The number of imidazole rings is 1. The quantitative estimate of drug-likeness (QED) is 0.495. The lowest BCUT2D eigenvalue weighted by atomic mass is 9.97. The van der Waals surface area contributed by atoms with E-state index in [1.807, 2.05) is 18.2 Å². The first-order valence-corrected chi connectivity index (χ1v) is 10.9. The molecule has 0 fully saturated rings. The molecule has 1 aliphatic carbocycles. The van der Waals surface area contributed by atoms with Crippen LogP contribution in [0.4, 0.5) is 0 Å². The minimum absolute atomic E-state index is 0.414. The molecule has 1 atom stereocenters. The largest absolute Gasteiger partial charge is 0.387 e. The van der Waals surface area contributed by atoms with Crippen LogP contribution in [0.1, 0.15) is 55.1 Å². The van der Waals surface area contributed by atoms with Gasteiger partial charge in [-0.2, -0.15) is 5.21 Å². The van der Waals surface area contributed by atoms with Crippen molar-refractivity contribution in [3.05, 3.63) is 71.3 Å². The molecule has 7 nitrogen and oxygen atoms in total. The molecule has 0 saturated carbocycles. The number of aromatic amines is 1. The van der Waals surface area contributed by atoms with Crippen molar-refractivity contribution in [3.8, 4) is 22.5 Å². The molecule has 2 aromatic carbocycles. The summed E-state index contributed by atoms with van der Waals surface area (Å²) in [5.41, 5.74) is 6.40. The maximum atomic E-state index is 10.6. The van der Waals surface area contributed by atoms with Gasteiger partial charge >= 0.3 is 0 Å². The molecule has 1 unspecified atom stereocenters. The van der Waals surface area contributed by atoms with Crippen molar-refractivity contribution in [1.82, 2.24) is 30.2 Å². The van der Waals surface area contributed by atoms with E-state index in [0.717, 1.165) is 72.6 Å². The Kier molecular flexibility index (Phi) is 5.34. The number of rotatable bonds is 6. The molecule has 158 valence electrons. The third kappa shape index (κ3) is 3.77. The summed E-state index contributed by atoms with van der Waals surface area (Å²) in [6.07, 6.45) is 4.33. The van der Waals surface area contributed by atoms with Crippen molar-refractivity contribution >= 4 is 0 Å². The van der Waals surface area contributed by atoms with E-state index >= 15 is 0 Å². The number of hydrogen-bond donors (Lipinski definition) is 2. The number of aliphatic hydroxyl groups is 1. The van der Waals surface area contributed by atoms with Gasteiger partial charge in [0.15, 0.2) is 0 Å². The van der Waals surface area contributed by atoms with Gasteiger partial charge in [0.25, 0.3) is 0 Å². The number of nitrogens with one attached hydrogen (secondary N) is 1. The van der Waals surface area contributed by atoms with Gasteiger partial charge in [0.05, 0.1) is 17.5 Å². The molecule has 0 bridgehead atoms. The summed E-state index contributed by atoms with van der Waals surface area (Å²) in [4.78, 5) is 4.87. The van der Waals surface area contributed by atoms with Crippen LogP contribution < -0.4 is 0 Å². The first-order chi connectivity index (χ1) is 15.2. The van der Waals surface area contributed by atoms with Crippen molar-refractivity contribution in [3.63, 3.8) is 0 Å². The van der Waals surface area contributed by atoms with Crippen molar-refractivity contribution in [2.75, 3.05) is 0 Å². The molecule has 2 aromatic heterocycles. The Labute approximate surface area is 181 Å². The van der Waals surface area contributed by atoms with E-state index in [2.05, 4.69) is 62.4 Å². The van der Waals surface area contributed by atoms with Crippen LogP contribution in [0.25, 0.3) is 22.5 Å². The monoisotopic (exact) mass is 414 g/mol. The first-order valence-electron chi connectivity index (χ1n) is 10.9. The first kappa shape index (κ1) is 19.6. The van der Waals surface area contributed by atoms with Gasteiger partial charge in [-0.05, 0) is 47.6 Å². The average Bonchev–Trinajstić information content (AvgIpc) is 3.44. The van der Waals surface area contributed by atoms with Crippen LogP contribution >= 0.6 is 0 Å². The van der Waals surface area contributed by atoms with Gasteiger partial charge in [-0.15, -0.1) is 10.2 Å². The summed E-state index contributed by atoms with van der Waals surface area (Å²) < 4.78 is 2.24. The lowest BCUT2D eigenvalue weighted by Crippen LogP contribution is -2.15. The van der Waals surface area contributed by atoms with Gasteiger partial charge in [-0.1, -0.05) is 55.5 Å². The summed E-state index contributed by atoms with van der Waals surface area (Å²) in [6.45, 7) is 2.89. The second kappa shape index (κ2) is 8.43. The van der Waals surface area contributed by atoms with E-state index in [1.54, 1.807) is 0 Å². The zero-order valence-electron chi connectivity index (χ0n) is 17.6. The number of nitrogens with zero attached hydrogens (tertiary/aromatic N) is 5. The summed E-state index contributed by atoms with van der Waals surface area (Å²) >= 11 is 0. The van der Waals surface area contributed by atoms with E-state index in [-0.39, 0.29) is 0 Å². The molecular formula is C24H26N6O. The molecule has 5 rings (SSSR count). The number of aryl methyl sites for hydroxylation is 2. The molecule has 1 aliphatic rings. The smallest absolute Gasteiger partial charge is 0.205 e. The second-order valence-electron chi connectivity index (χ2n) is 8.08. The summed E-state index contributed by atoms with van der Waals surface area (Å²) in [6, 6.07) is 16.6. The lowest BCUT2D eigenvalue weighted by Gasteiger charge is -2.20. The van der Waals surface area contributed by atoms with E-state index in [9.17, 15) is 5.11 Å². The maximum Gasteiger partial charge on any atom is 0.205 e. The topological polar surface area (TPSA) is 92.5 Å². The highest BCUT2D eigenvalue weighted by Gasteiger charge is 2.26. The fourth-order valence-corrected chi connectivity index (χ4v) is 4.49. The highest BCUT2D eigenvalue weighted by Crippen LogP contribution is 2.32. The highest BCUT2D eigenvalue weighted by atomic mass is 16.3. The molecule has 0 spiro atoms. The van der Waals surface area contributed by atoms with Crippen molar-refractivity contribution in [2.24, 2.45) is 0 Å². The predicted octanol–water partition coefficient (Wildman–Crippen LogP) is 4.10. The molecular weight excluding hydrogens is 388 g/mol. The van der Waals surface area contributed by atoms with Crippen molar-refractivity contribution in [2.45, 2.75) is 51.7 Å². The van der Waals surface area contributed by atoms with Gasteiger partial charge in [-0.25, -0.2) is 4.98 Å². The van der Waals surface area contributed by atoms with E-state index in [4.69, 9.17) is 4.98 Å². The van der Waals surface area contributed by atoms with Gasteiger partial charge in [-0.3, -0.25) is 0 Å². The number of tetrazole rings is 1. The van der Waals surface area contributed by atoms with Gasteiger partial charge in [0.1, 0.15) is 5.82 Å². The highest BCUT2D eigenvalue weighted by molar-refractivity contribution is 5.80. The van der Waals surface area contributed by atoms with Gasteiger partial charge < -0.3 is 9.67 Å². The Bertz CT molecular complexity index is 1160. The van der Waals surface area contributed by atoms with Crippen LogP contribution in [0.15, 0.2) is 48.5 Å². The Morgan fingerprint density at radius 3 is 2.65 bits per heavy atom. The number of aromatic nitrogens is 6. The summed E-state index contributed by atoms with van der Waals surface area (Å²) in [5, 5.41) is 25.1. The van der Waals surface area contributed by atoms with Crippen LogP contribution in [0.5, 0.6) is 0 Å². The van der Waals surface area contributed by atoms with Crippen LogP contribution in [-0.2, 0) is 19.4 Å². The number of H-pyrrole nitrogens is 1. The molecule has 31 heavy (non-hydrogen) atoms. The fourth-order valence-electron chi connectivity index (χ4n) is 4.49. The summed E-state index contributed by atoms with van der Waals surface area (Å²) in [5.74, 6) is 1.67. The zero-order valence-corrected chi connectivity index (χ0v) is 17.6. The average molecular weight is 415 g/mol. The SMILES string of the molecule is CCCc1nc2c(n1Cc1ccc(-c3ccccc3-c3nn[nH]n3)cc1)C(O)CCC2. The Hall–Kier alpha value is -3.32.